The van der Waals surface area contributed by atoms with Crippen molar-refractivity contribution < 1.29 is 31.0 Å². The number of carbonyl (C=O) groups excluding carboxylic acids is 1. The van der Waals surface area contributed by atoms with Crippen LogP contribution in [0.2, 0.25) is 0 Å². The summed E-state index contributed by atoms with van der Waals surface area (Å²) in [6, 6.07) is 12.9. The van der Waals surface area contributed by atoms with Gasteiger partial charge in [0.25, 0.3) is 22.5 Å². The molecule has 0 saturated heterocycles. The summed E-state index contributed by atoms with van der Waals surface area (Å²) >= 11 is 0. The summed E-state index contributed by atoms with van der Waals surface area (Å²) < 4.78 is 57.9. The predicted molar refractivity (Wildman–Crippen MR) is 104 cm³/mol. The molecule has 0 saturated carbocycles. The third-order valence-corrected chi connectivity index (χ3v) is 3.45. The molecule has 11 heteroatoms. The highest BCUT2D eigenvalue weighted by Crippen LogP contribution is 2.39. The van der Waals surface area contributed by atoms with Crippen molar-refractivity contribution in [2.24, 2.45) is 16.5 Å². The van der Waals surface area contributed by atoms with Crippen LogP contribution in [-0.4, -0.2) is 31.1 Å². The number of carbonyl (C=O) groups is 1. The monoisotopic (exact) mass is 425 g/mol. The average molecular weight is 425 g/mol. The molecule has 0 aliphatic rings. The van der Waals surface area contributed by atoms with E-state index in [0.29, 0.717) is 22.8 Å². The summed E-state index contributed by atoms with van der Waals surface area (Å²) in [6.07, 6.45) is -2.07. The van der Waals surface area contributed by atoms with E-state index < -0.39 is 28.2 Å². The fourth-order valence-electron chi connectivity index (χ4n) is 2.51. The molecule has 0 aliphatic heterocycles. The maximum absolute atomic E-state index is 13.4. The van der Waals surface area contributed by atoms with Gasteiger partial charge in [0, 0.05) is 16.5 Å². The van der Waals surface area contributed by atoms with Crippen LogP contribution in [0.25, 0.3) is 22.1 Å². The summed E-state index contributed by atoms with van der Waals surface area (Å²) in [5, 5.41) is 0.541. The summed E-state index contributed by atoms with van der Waals surface area (Å²) in [7, 11) is -3.67. The largest absolute Gasteiger partial charge is 0.454 e. The summed E-state index contributed by atoms with van der Waals surface area (Å²) in [5.74, 6) is -1.46. The lowest BCUT2D eigenvalue weighted by molar-refractivity contribution is 0.100. The Morgan fingerprint density at radius 2 is 1.76 bits per heavy atom. The first kappa shape index (κ1) is 22.0. The fourth-order valence-corrected chi connectivity index (χ4v) is 2.51. The summed E-state index contributed by atoms with van der Waals surface area (Å²) in [6.45, 7) is 0. The number of fused-ring (bicyclic) bond motifs is 1. The van der Waals surface area contributed by atoms with Crippen LogP contribution in [0.15, 0.2) is 57.9 Å². The molecule has 0 fully saturated rings. The molecule has 2 aromatic carbocycles. The van der Waals surface area contributed by atoms with Crippen molar-refractivity contribution >= 4 is 33.0 Å². The first-order valence-electron chi connectivity index (χ1n) is 7.93. The summed E-state index contributed by atoms with van der Waals surface area (Å²) in [5.41, 5.74) is 11.6. The number of rotatable bonds is 3. The lowest BCUT2D eigenvalue weighted by atomic mass is 9.99. The van der Waals surface area contributed by atoms with E-state index in [1.54, 1.807) is 36.4 Å². The smallest absolute Gasteiger partial charge is 0.296 e. The minimum absolute atomic E-state index is 0.186. The van der Waals surface area contributed by atoms with Gasteiger partial charge in [-0.2, -0.15) is 13.4 Å². The molecule has 29 heavy (non-hydrogen) atoms. The van der Waals surface area contributed by atoms with E-state index in [1.165, 1.54) is 12.1 Å². The number of furan rings is 1. The Morgan fingerprint density at radius 1 is 1.14 bits per heavy atom. The molecule has 1 amide bonds. The molecule has 5 N–H and O–H groups in total. The Labute approximate surface area is 164 Å². The van der Waals surface area contributed by atoms with Crippen molar-refractivity contribution in [1.82, 2.24) is 0 Å². The first-order valence-corrected chi connectivity index (χ1v) is 9.78. The van der Waals surface area contributed by atoms with Gasteiger partial charge in [-0.3, -0.25) is 9.35 Å². The van der Waals surface area contributed by atoms with E-state index in [9.17, 15) is 22.0 Å². The number of alkyl halides is 2. The van der Waals surface area contributed by atoms with Crippen molar-refractivity contribution in [3.63, 3.8) is 0 Å². The topological polar surface area (TPSA) is 149 Å². The Kier molecular flexibility index (Phi) is 6.67. The van der Waals surface area contributed by atoms with Gasteiger partial charge in [-0.15, -0.1) is 0 Å². The van der Waals surface area contributed by atoms with Crippen molar-refractivity contribution in [3.05, 3.63) is 59.9 Å². The normalized spacial score (nSPS) is 11.1. The van der Waals surface area contributed by atoms with Gasteiger partial charge in [0.05, 0.1) is 6.26 Å². The molecule has 3 rings (SSSR count). The molecule has 1 aromatic heterocycles. The number of guanidine groups is 1. The van der Waals surface area contributed by atoms with Crippen LogP contribution in [0.5, 0.6) is 0 Å². The Hall–Kier alpha value is -3.31. The fraction of sp³-hybridized carbons (Fsp3) is 0.111. The number of nitrogens with zero attached hydrogens (tertiary/aromatic N) is 1. The van der Waals surface area contributed by atoms with E-state index in [-0.39, 0.29) is 17.1 Å². The molecule has 0 atom stereocenters. The molecular weight excluding hydrogens is 408 g/mol. The second-order valence-electron chi connectivity index (χ2n) is 5.79. The van der Waals surface area contributed by atoms with E-state index in [4.69, 9.17) is 20.4 Å². The number of aliphatic imine (C=N–C) groups is 1. The number of benzene rings is 2. The van der Waals surface area contributed by atoms with E-state index in [1.807, 2.05) is 0 Å². The molecule has 0 spiro atoms. The third-order valence-electron chi connectivity index (χ3n) is 3.45. The zero-order valence-corrected chi connectivity index (χ0v) is 15.9. The van der Waals surface area contributed by atoms with Crippen LogP contribution in [0.3, 0.4) is 0 Å². The number of nitrogens with two attached hydrogens (primary N) is 2. The minimum atomic E-state index is -3.67. The molecule has 0 aliphatic carbocycles. The zero-order valence-electron chi connectivity index (χ0n) is 15.0. The Balaban J connectivity index is 0.000000537. The SMILES string of the molecule is CS(=O)(=O)O.NC(N)=NC(=O)c1cccc(-c2c(C(F)F)oc3ccccc23)c1. The zero-order chi connectivity index (χ0) is 21.8. The number of halogens is 2. The van der Waals surface area contributed by atoms with Crippen molar-refractivity contribution in [3.8, 4) is 11.1 Å². The van der Waals surface area contributed by atoms with E-state index >= 15 is 0 Å². The molecule has 8 nitrogen and oxygen atoms in total. The quantitative estimate of drug-likeness (QED) is 0.332. The number of para-hydroxylation sites is 1. The number of hydrogen-bond acceptors (Lipinski definition) is 4. The van der Waals surface area contributed by atoms with Crippen LogP contribution in [-0.2, 0) is 10.1 Å². The second-order valence-corrected chi connectivity index (χ2v) is 7.26. The van der Waals surface area contributed by atoms with Crippen molar-refractivity contribution in [2.45, 2.75) is 6.43 Å². The van der Waals surface area contributed by atoms with E-state index in [0.717, 1.165) is 0 Å². The third kappa shape index (κ3) is 6.09. The van der Waals surface area contributed by atoms with Gasteiger partial charge in [-0.1, -0.05) is 30.3 Å². The molecule has 3 aromatic rings. The standard InChI is InChI=1S/C17H13F2N3O2.CH4O3S/c18-15(19)14-13(11-6-1-2-7-12(11)24-14)9-4-3-5-10(8-9)16(23)22-17(20)21;1-5(2,3)4/h1-8,15H,(H4,20,21,22,23);1H3,(H,2,3,4). The van der Waals surface area contributed by atoms with Gasteiger partial charge in [0.15, 0.2) is 11.7 Å². The lowest BCUT2D eigenvalue weighted by Gasteiger charge is -2.05. The van der Waals surface area contributed by atoms with Gasteiger partial charge in [-0.05, 0) is 23.8 Å². The maximum atomic E-state index is 13.4. The van der Waals surface area contributed by atoms with Crippen molar-refractivity contribution in [2.75, 3.05) is 6.26 Å². The average Bonchev–Trinajstić information content (AvgIpc) is 3.00. The van der Waals surface area contributed by atoms with Gasteiger partial charge in [0.2, 0.25) is 0 Å². The van der Waals surface area contributed by atoms with Crippen LogP contribution < -0.4 is 11.5 Å². The van der Waals surface area contributed by atoms with E-state index in [2.05, 4.69) is 4.99 Å². The predicted octanol–water partition coefficient (Wildman–Crippen LogP) is 2.96. The van der Waals surface area contributed by atoms with Gasteiger partial charge < -0.3 is 15.9 Å². The summed E-state index contributed by atoms with van der Waals surface area (Å²) in [4.78, 5) is 15.4. The molecule has 0 radical (unpaired) electrons. The van der Waals surface area contributed by atoms with Crippen LogP contribution in [0.1, 0.15) is 22.5 Å². The molecule has 154 valence electrons. The highest BCUT2D eigenvalue weighted by atomic mass is 32.2. The van der Waals surface area contributed by atoms with Crippen LogP contribution >= 0.6 is 0 Å². The first-order chi connectivity index (χ1) is 13.5. The molecule has 1 heterocycles. The Morgan fingerprint density at radius 3 is 2.34 bits per heavy atom. The number of hydrogen-bond donors (Lipinski definition) is 3. The van der Waals surface area contributed by atoms with Crippen LogP contribution in [0, 0.1) is 0 Å². The minimum Gasteiger partial charge on any atom is -0.454 e. The lowest BCUT2D eigenvalue weighted by Crippen LogP contribution is -2.24. The van der Waals surface area contributed by atoms with Gasteiger partial charge >= 0.3 is 0 Å². The highest BCUT2D eigenvalue weighted by molar-refractivity contribution is 7.85. The van der Waals surface area contributed by atoms with Gasteiger partial charge in [0.1, 0.15) is 5.58 Å². The number of amides is 1. The van der Waals surface area contributed by atoms with Crippen molar-refractivity contribution in [1.29, 1.82) is 0 Å². The highest BCUT2D eigenvalue weighted by Gasteiger charge is 2.23. The Bertz CT molecular complexity index is 1160. The molecule has 0 bridgehead atoms. The second kappa shape index (κ2) is 8.80. The maximum Gasteiger partial charge on any atom is 0.296 e. The van der Waals surface area contributed by atoms with Crippen LogP contribution in [0.4, 0.5) is 8.78 Å². The molecular formula is C18H17F2N3O5S. The van der Waals surface area contributed by atoms with Gasteiger partial charge in [-0.25, -0.2) is 8.78 Å². The molecule has 0 unspecified atom stereocenters.